The summed E-state index contributed by atoms with van der Waals surface area (Å²) in [5.41, 5.74) is 1.92. The van der Waals surface area contributed by atoms with Gasteiger partial charge in [-0.05, 0) is 80.6 Å². The number of benzene rings is 3. The number of halogens is 2. The van der Waals surface area contributed by atoms with Gasteiger partial charge in [0.05, 0.1) is 41.7 Å². The minimum Gasteiger partial charge on any atom is -0.494 e. The van der Waals surface area contributed by atoms with Gasteiger partial charge in [0.1, 0.15) is 5.75 Å². The smallest absolute Gasteiger partial charge is 0.338 e. The van der Waals surface area contributed by atoms with Crippen molar-refractivity contribution in [2.24, 2.45) is 0 Å². The van der Waals surface area contributed by atoms with Gasteiger partial charge in [-0.15, -0.1) is 10.2 Å². The fraction of sp³-hybridized carbons (Fsp3) is 0.207. The maximum atomic E-state index is 12.8. The maximum Gasteiger partial charge on any atom is 0.338 e. The lowest BCUT2D eigenvalue weighted by Crippen LogP contribution is -2.25. The Balaban J connectivity index is 1.48. The first-order chi connectivity index (χ1) is 20.3. The van der Waals surface area contributed by atoms with Crippen LogP contribution in [-0.2, 0) is 16.1 Å². The van der Waals surface area contributed by atoms with Crippen LogP contribution in [0.5, 0.6) is 5.75 Å². The van der Waals surface area contributed by atoms with Gasteiger partial charge in [0, 0.05) is 16.4 Å². The summed E-state index contributed by atoms with van der Waals surface area (Å²) >= 11 is 13.3. The molecule has 3 aromatic carbocycles. The van der Waals surface area contributed by atoms with Gasteiger partial charge >= 0.3 is 5.97 Å². The van der Waals surface area contributed by atoms with Crippen LogP contribution in [0.25, 0.3) is 5.69 Å². The number of carbonyl (C=O) groups is 3. The summed E-state index contributed by atoms with van der Waals surface area (Å²) in [6.07, 6.45) is 0. The van der Waals surface area contributed by atoms with Crippen molar-refractivity contribution < 1.29 is 23.9 Å². The van der Waals surface area contributed by atoms with Crippen LogP contribution in [-0.4, -0.2) is 51.5 Å². The van der Waals surface area contributed by atoms with Gasteiger partial charge in [-0.1, -0.05) is 35.0 Å². The molecule has 0 saturated heterocycles. The summed E-state index contributed by atoms with van der Waals surface area (Å²) in [5.74, 6) is 0.0569. The third-order valence-electron chi connectivity index (χ3n) is 5.70. The molecule has 0 spiro atoms. The molecule has 0 bridgehead atoms. The fourth-order valence-electron chi connectivity index (χ4n) is 3.79. The van der Waals surface area contributed by atoms with Crippen LogP contribution in [0.1, 0.15) is 40.4 Å². The zero-order chi connectivity index (χ0) is 30.1. The minimum absolute atomic E-state index is 0.0293. The second kappa shape index (κ2) is 14.7. The van der Waals surface area contributed by atoms with E-state index in [2.05, 4.69) is 20.8 Å². The lowest BCUT2D eigenvalue weighted by molar-refractivity contribution is -0.113. The number of nitrogens with zero attached hydrogens (tertiary/aromatic N) is 3. The fourth-order valence-corrected chi connectivity index (χ4v) is 5.05. The molecular weight excluding hydrogens is 601 g/mol. The highest BCUT2D eigenvalue weighted by atomic mass is 35.5. The Labute approximate surface area is 256 Å². The van der Waals surface area contributed by atoms with Crippen LogP contribution in [0.2, 0.25) is 10.0 Å². The molecular formula is C29H27Cl2N5O5S. The van der Waals surface area contributed by atoms with Gasteiger partial charge in [-0.3, -0.25) is 14.2 Å². The number of ether oxygens (including phenoxy) is 2. The standard InChI is InChI=1S/C29H27Cl2N5O5S/c1-3-40-22-12-10-21(11-13-22)36-25(16-32-27(38)23-14-7-19(30)15-24(23)31)34-35-29(36)42-17-26(37)33-20-8-5-18(6-9-20)28(39)41-4-2/h5-15H,3-4,16-17H2,1-2H3,(H,32,38)(H,33,37). The number of thioether (sulfide) groups is 1. The van der Waals surface area contributed by atoms with E-state index in [1.807, 2.05) is 31.2 Å². The molecule has 0 unspecified atom stereocenters. The van der Waals surface area contributed by atoms with Crippen LogP contribution in [0.15, 0.2) is 71.9 Å². The van der Waals surface area contributed by atoms with Crippen molar-refractivity contribution in [1.82, 2.24) is 20.1 Å². The van der Waals surface area contributed by atoms with Crippen LogP contribution >= 0.6 is 35.0 Å². The van der Waals surface area contributed by atoms with E-state index in [1.165, 1.54) is 17.8 Å². The zero-order valence-electron chi connectivity index (χ0n) is 22.7. The zero-order valence-corrected chi connectivity index (χ0v) is 25.1. The van der Waals surface area contributed by atoms with Crippen molar-refractivity contribution in [3.8, 4) is 11.4 Å². The van der Waals surface area contributed by atoms with E-state index in [9.17, 15) is 14.4 Å². The van der Waals surface area contributed by atoms with E-state index >= 15 is 0 Å². The average molecular weight is 629 g/mol. The van der Waals surface area contributed by atoms with Crippen molar-refractivity contribution in [2.45, 2.75) is 25.5 Å². The first-order valence-electron chi connectivity index (χ1n) is 12.9. The summed E-state index contributed by atoms with van der Waals surface area (Å²) < 4.78 is 12.3. The van der Waals surface area contributed by atoms with Crippen molar-refractivity contribution in [2.75, 3.05) is 24.3 Å². The van der Waals surface area contributed by atoms with Gasteiger partial charge in [0.2, 0.25) is 5.91 Å². The topological polar surface area (TPSA) is 124 Å². The molecule has 0 atom stereocenters. The molecule has 1 aromatic heterocycles. The molecule has 0 fully saturated rings. The third-order valence-corrected chi connectivity index (χ3v) is 7.18. The quantitative estimate of drug-likeness (QED) is 0.149. The van der Waals surface area contributed by atoms with E-state index in [1.54, 1.807) is 47.9 Å². The SMILES string of the molecule is CCOC(=O)c1ccc(NC(=O)CSc2nnc(CNC(=O)c3ccc(Cl)cc3Cl)n2-c2ccc(OCC)cc2)cc1. The summed E-state index contributed by atoms with van der Waals surface area (Å²) in [7, 11) is 0. The highest BCUT2D eigenvalue weighted by molar-refractivity contribution is 7.99. The van der Waals surface area contributed by atoms with Crippen molar-refractivity contribution in [3.05, 3.63) is 93.7 Å². The predicted octanol–water partition coefficient (Wildman–Crippen LogP) is 5.81. The Kier molecular flexibility index (Phi) is 10.8. The molecule has 0 aliphatic heterocycles. The molecule has 0 radical (unpaired) electrons. The lowest BCUT2D eigenvalue weighted by Gasteiger charge is -2.12. The number of esters is 1. The highest BCUT2D eigenvalue weighted by Crippen LogP contribution is 2.25. The number of nitrogens with one attached hydrogen (secondary N) is 2. The molecule has 218 valence electrons. The average Bonchev–Trinajstić information content (AvgIpc) is 3.38. The van der Waals surface area contributed by atoms with E-state index in [-0.39, 0.29) is 35.4 Å². The number of hydrogen-bond donors (Lipinski definition) is 2. The van der Waals surface area contributed by atoms with Crippen LogP contribution < -0.4 is 15.4 Å². The van der Waals surface area contributed by atoms with Crippen molar-refractivity contribution in [3.63, 3.8) is 0 Å². The van der Waals surface area contributed by atoms with E-state index in [0.29, 0.717) is 39.6 Å². The van der Waals surface area contributed by atoms with Crippen molar-refractivity contribution in [1.29, 1.82) is 0 Å². The third kappa shape index (κ3) is 8.03. The molecule has 42 heavy (non-hydrogen) atoms. The Bertz CT molecular complexity index is 1560. The van der Waals surface area contributed by atoms with E-state index < -0.39 is 11.9 Å². The Morgan fingerprint density at radius 1 is 0.929 bits per heavy atom. The summed E-state index contributed by atoms with van der Waals surface area (Å²) in [4.78, 5) is 37.4. The number of aromatic nitrogens is 3. The monoisotopic (exact) mass is 627 g/mol. The van der Waals surface area contributed by atoms with E-state index in [0.717, 1.165) is 5.69 Å². The summed E-state index contributed by atoms with van der Waals surface area (Å²) in [5, 5.41) is 15.3. The number of anilines is 1. The van der Waals surface area contributed by atoms with Gasteiger partial charge in [0.15, 0.2) is 11.0 Å². The first-order valence-corrected chi connectivity index (χ1v) is 14.6. The first kappa shape index (κ1) is 30.9. The number of hydrogen-bond acceptors (Lipinski definition) is 8. The predicted molar refractivity (Wildman–Crippen MR) is 162 cm³/mol. The van der Waals surface area contributed by atoms with Crippen LogP contribution in [0.3, 0.4) is 0 Å². The molecule has 4 aromatic rings. The summed E-state index contributed by atoms with van der Waals surface area (Å²) in [6, 6.07) is 18.4. The lowest BCUT2D eigenvalue weighted by atomic mass is 10.2. The van der Waals surface area contributed by atoms with Crippen LogP contribution in [0, 0.1) is 0 Å². The Morgan fingerprint density at radius 3 is 2.33 bits per heavy atom. The van der Waals surface area contributed by atoms with Gasteiger partial charge in [-0.2, -0.15) is 0 Å². The number of carbonyl (C=O) groups excluding carboxylic acids is 3. The molecule has 4 rings (SSSR count). The molecule has 2 amide bonds. The molecule has 0 aliphatic carbocycles. The summed E-state index contributed by atoms with van der Waals surface area (Å²) in [6.45, 7) is 4.48. The second-order valence-corrected chi connectivity index (χ2v) is 10.4. The molecule has 1 heterocycles. The Hall–Kier alpha value is -4.06. The molecule has 10 nitrogen and oxygen atoms in total. The van der Waals surface area contributed by atoms with Crippen molar-refractivity contribution >= 4 is 58.4 Å². The van der Waals surface area contributed by atoms with E-state index in [4.69, 9.17) is 32.7 Å². The number of rotatable bonds is 12. The minimum atomic E-state index is -0.428. The highest BCUT2D eigenvalue weighted by Gasteiger charge is 2.18. The Morgan fingerprint density at radius 2 is 1.67 bits per heavy atom. The largest absolute Gasteiger partial charge is 0.494 e. The molecule has 0 aliphatic rings. The molecule has 13 heteroatoms. The van der Waals surface area contributed by atoms with Gasteiger partial charge in [0.25, 0.3) is 5.91 Å². The second-order valence-electron chi connectivity index (χ2n) is 8.60. The number of amides is 2. The normalized spacial score (nSPS) is 10.7. The van der Waals surface area contributed by atoms with Gasteiger partial charge < -0.3 is 20.1 Å². The van der Waals surface area contributed by atoms with Crippen LogP contribution in [0.4, 0.5) is 5.69 Å². The maximum absolute atomic E-state index is 12.8. The molecule has 2 N–H and O–H groups in total. The van der Waals surface area contributed by atoms with Gasteiger partial charge in [-0.25, -0.2) is 4.79 Å². The molecule has 0 saturated carbocycles.